The predicted octanol–water partition coefficient (Wildman–Crippen LogP) is -2.33. The summed E-state index contributed by atoms with van der Waals surface area (Å²) in [4.78, 5) is 19.8. The lowest BCUT2D eigenvalue weighted by Gasteiger charge is -2.02. The zero-order valence-corrected chi connectivity index (χ0v) is 10.6. The maximum Gasteiger partial charge on any atom is 0.217 e. The molecular formula is C10H24N4O4. The van der Waals surface area contributed by atoms with E-state index in [-0.39, 0.29) is 12.8 Å². The largest absolute Gasteiger partial charge is 0.378 e. The summed E-state index contributed by atoms with van der Waals surface area (Å²) in [5.74, 6) is -0.993. The standard InChI is InChI=1S/C6H16N2O2.C4H8N2O2/c7-1-3-9-5-6-10-4-2-8;5-3(7)1-2-4(6)8/h1-8H2;1-2H2,(H2,5,7)(H2,6,8). The van der Waals surface area contributed by atoms with Crippen LogP contribution in [0.15, 0.2) is 0 Å². The highest BCUT2D eigenvalue weighted by Gasteiger charge is 1.96. The van der Waals surface area contributed by atoms with E-state index in [1.54, 1.807) is 0 Å². The molecule has 0 bridgehead atoms. The molecule has 0 aromatic heterocycles. The predicted molar refractivity (Wildman–Crippen MR) is 67.4 cm³/mol. The van der Waals surface area contributed by atoms with Crippen LogP contribution in [0.4, 0.5) is 0 Å². The van der Waals surface area contributed by atoms with Crippen molar-refractivity contribution in [1.82, 2.24) is 0 Å². The lowest BCUT2D eigenvalue weighted by atomic mass is 10.3. The summed E-state index contributed by atoms with van der Waals surface area (Å²) in [6.07, 6.45) is 0.102. The molecule has 0 saturated heterocycles. The minimum Gasteiger partial charge on any atom is -0.378 e. The molecule has 0 spiro atoms. The molecule has 0 aliphatic heterocycles. The van der Waals surface area contributed by atoms with E-state index >= 15 is 0 Å². The Labute approximate surface area is 107 Å². The molecule has 0 rings (SSSR count). The first-order valence-electron chi connectivity index (χ1n) is 5.66. The highest BCUT2D eigenvalue weighted by atomic mass is 16.5. The molecule has 8 N–H and O–H groups in total. The van der Waals surface area contributed by atoms with Crippen LogP contribution in [0.25, 0.3) is 0 Å². The zero-order chi connectivity index (χ0) is 14.2. The third-order valence-electron chi connectivity index (χ3n) is 1.51. The average molecular weight is 264 g/mol. The van der Waals surface area contributed by atoms with Gasteiger partial charge in [0.25, 0.3) is 0 Å². The van der Waals surface area contributed by atoms with Gasteiger partial charge in [-0.3, -0.25) is 9.59 Å². The van der Waals surface area contributed by atoms with E-state index in [1.807, 2.05) is 0 Å². The molecule has 0 aromatic rings. The highest BCUT2D eigenvalue weighted by Crippen LogP contribution is 1.82. The fraction of sp³-hybridized carbons (Fsp3) is 0.800. The van der Waals surface area contributed by atoms with Crippen LogP contribution in [-0.4, -0.2) is 51.3 Å². The van der Waals surface area contributed by atoms with Gasteiger partial charge in [-0.15, -0.1) is 0 Å². The summed E-state index contributed by atoms with van der Waals surface area (Å²) < 4.78 is 10.1. The summed E-state index contributed by atoms with van der Waals surface area (Å²) in [6, 6.07) is 0. The van der Waals surface area contributed by atoms with Crippen molar-refractivity contribution in [2.75, 3.05) is 39.5 Å². The molecule has 108 valence electrons. The molecule has 0 fully saturated rings. The molecule has 0 aliphatic rings. The van der Waals surface area contributed by atoms with Crippen LogP contribution < -0.4 is 22.9 Å². The van der Waals surface area contributed by atoms with E-state index in [2.05, 4.69) is 0 Å². The van der Waals surface area contributed by atoms with Gasteiger partial charge in [-0.1, -0.05) is 0 Å². The van der Waals surface area contributed by atoms with Crippen molar-refractivity contribution < 1.29 is 19.1 Å². The second kappa shape index (κ2) is 15.8. The molecule has 0 atom stereocenters. The lowest BCUT2D eigenvalue weighted by molar-refractivity contribution is -0.123. The molecule has 0 radical (unpaired) electrons. The summed E-state index contributed by atoms with van der Waals surface area (Å²) in [6.45, 7) is 3.56. The highest BCUT2D eigenvalue weighted by molar-refractivity contribution is 5.81. The van der Waals surface area contributed by atoms with Gasteiger partial charge in [0.15, 0.2) is 0 Å². The number of amides is 2. The number of hydrogen-bond acceptors (Lipinski definition) is 6. The van der Waals surface area contributed by atoms with E-state index in [9.17, 15) is 9.59 Å². The molecular weight excluding hydrogens is 240 g/mol. The van der Waals surface area contributed by atoms with Crippen molar-refractivity contribution in [3.63, 3.8) is 0 Å². The van der Waals surface area contributed by atoms with Crippen molar-refractivity contribution in [2.24, 2.45) is 22.9 Å². The minimum atomic E-state index is -0.496. The third-order valence-corrected chi connectivity index (χ3v) is 1.51. The molecule has 2 amide bonds. The number of nitrogens with two attached hydrogens (primary N) is 4. The molecule has 8 heteroatoms. The van der Waals surface area contributed by atoms with E-state index in [0.717, 1.165) is 0 Å². The van der Waals surface area contributed by atoms with Gasteiger partial charge < -0.3 is 32.4 Å². The second-order valence-corrected chi connectivity index (χ2v) is 3.23. The average Bonchev–Trinajstić information content (AvgIpc) is 2.32. The molecule has 0 heterocycles. The zero-order valence-electron chi connectivity index (χ0n) is 10.6. The van der Waals surface area contributed by atoms with Crippen molar-refractivity contribution in [3.8, 4) is 0 Å². The summed E-state index contributed by atoms with van der Waals surface area (Å²) in [5.41, 5.74) is 19.8. The molecule has 18 heavy (non-hydrogen) atoms. The summed E-state index contributed by atoms with van der Waals surface area (Å²) in [7, 11) is 0. The van der Waals surface area contributed by atoms with Gasteiger partial charge in [-0.25, -0.2) is 0 Å². The topological polar surface area (TPSA) is 157 Å². The molecule has 8 nitrogen and oxygen atoms in total. The Bertz CT molecular complexity index is 192. The molecule has 0 aliphatic carbocycles. The van der Waals surface area contributed by atoms with Gasteiger partial charge in [-0.2, -0.15) is 0 Å². The maximum absolute atomic E-state index is 9.92. The van der Waals surface area contributed by atoms with Crippen LogP contribution in [0.5, 0.6) is 0 Å². The number of primary amides is 2. The lowest BCUT2D eigenvalue weighted by Crippen LogP contribution is -2.16. The Kier molecular flexibility index (Phi) is 16.8. The fourth-order valence-corrected chi connectivity index (χ4v) is 0.735. The number of ether oxygens (including phenoxy) is 2. The number of carbonyl (C=O) groups excluding carboxylic acids is 2. The van der Waals surface area contributed by atoms with E-state index in [1.165, 1.54) is 0 Å². The first-order chi connectivity index (χ1) is 8.54. The number of rotatable bonds is 10. The Morgan fingerprint density at radius 1 is 0.722 bits per heavy atom. The van der Waals surface area contributed by atoms with E-state index in [0.29, 0.717) is 39.5 Å². The molecule has 0 saturated carbocycles. The SMILES string of the molecule is NC(=O)CCC(N)=O.NCCOCCOCCN. The van der Waals surface area contributed by atoms with Crippen molar-refractivity contribution in [2.45, 2.75) is 12.8 Å². The normalized spacial score (nSPS) is 9.44. The van der Waals surface area contributed by atoms with Crippen LogP contribution in [0, 0.1) is 0 Å². The maximum atomic E-state index is 9.92. The smallest absolute Gasteiger partial charge is 0.217 e. The van der Waals surface area contributed by atoms with Gasteiger partial charge >= 0.3 is 0 Å². The summed E-state index contributed by atoms with van der Waals surface area (Å²) >= 11 is 0. The monoisotopic (exact) mass is 264 g/mol. The quantitative estimate of drug-likeness (QED) is 0.324. The Morgan fingerprint density at radius 2 is 1.06 bits per heavy atom. The molecule has 0 unspecified atom stereocenters. The molecule has 0 aromatic carbocycles. The number of hydrogen-bond donors (Lipinski definition) is 4. The minimum absolute atomic E-state index is 0.0509. The Morgan fingerprint density at radius 3 is 1.28 bits per heavy atom. The Hall–Kier alpha value is -1.22. The number of carbonyl (C=O) groups is 2. The van der Waals surface area contributed by atoms with Crippen LogP contribution in [-0.2, 0) is 19.1 Å². The van der Waals surface area contributed by atoms with Gasteiger partial charge in [0.1, 0.15) is 0 Å². The summed E-state index contributed by atoms with van der Waals surface area (Å²) in [5, 5.41) is 0. The van der Waals surface area contributed by atoms with Gasteiger partial charge in [0.2, 0.25) is 11.8 Å². The van der Waals surface area contributed by atoms with Crippen LogP contribution in [0.3, 0.4) is 0 Å². The van der Waals surface area contributed by atoms with E-state index in [4.69, 9.17) is 32.4 Å². The van der Waals surface area contributed by atoms with Crippen LogP contribution in [0.2, 0.25) is 0 Å². The first-order valence-corrected chi connectivity index (χ1v) is 5.66. The first kappa shape index (κ1) is 19.1. The Balaban J connectivity index is 0. The van der Waals surface area contributed by atoms with Crippen molar-refractivity contribution in [3.05, 3.63) is 0 Å². The van der Waals surface area contributed by atoms with Gasteiger partial charge in [-0.05, 0) is 0 Å². The van der Waals surface area contributed by atoms with Crippen molar-refractivity contribution in [1.29, 1.82) is 0 Å². The fourth-order valence-electron chi connectivity index (χ4n) is 0.735. The van der Waals surface area contributed by atoms with Crippen LogP contribution >= 0.6 is 0 Å². The van der Waals surface area contributed by atoms with Crippen LogP contribution in [0.1, 0.15) is 12.8 Å². The van der Waals surface area contributed by atoms with E-state index < -0.39 is 11.8 Å². The third kappa shape index (κ3) is 24.2. The van der Waals surface area contributed by atoms with Crippen molar-refractivity contribution >= 4 is 11.8 Å². The second-order valence-electron chi connectivity index (χ2n) is 3.23. The van der Waals surface area contributed by atoms with Gasteiger partial charge in [0, 0.05) is 25.9 Å². The van der Waals surface area contributed by atoms with Gasteiger partial charge in [0.05, 0.1) is 26.4 Å².